The molecule has 1 aromatic heterocycles. The van der Waals surface area contributed by atoms with Crippen molar-refractivity contribution >= 4 is 35.0 Å². The molecule has 164 valence electrons. The molecule has 1 saturated heterocycles. The Morgan fingerprint density at radius 3 is 2.53 bits per heavy atom. The first kappa shape index (κ1) is 22.4. The molecule has 0 radical (unpaired) electrons. The molecule has 7 nitrogen and oxygen atoms in total. The van der Waals surface area contributed by atoms with Gasteiger partial charge < -0.3 is 25.0 Å². The monoisotopic (exact) mass is 439 g/mol. The molecule has 0 bridgehead atoms. The number of ether oxygens (including phenoxy) is 1. The molecule has 1 aliphatic heterocycles. The molecule has 1 aromatic carbocycles. The number of aromatic carboxylic acids is 1. The number of halogens is 2. The van der Waals surface area contributed by atoms with E-state index >= 15 is 4.39 Å². The van der Waals surface area contributed by atoms with Gasteiger partial charge >= 0.3 is 5.97 Å². The smallest absolute Gasteiger partial charge is 0.341 e. The summed E-state index contributed by atoms with van der Waals surface area (Å²) in [6.45, 7) is 5.22. The lowest BCUT2D eigenvalue weighted by Crippen LogP contribution is -2.52. The van der Waals surface area contributed by atoms with Gasteiger partial charge in [0.15, 0.2) is 11.6 Å². The number of pyridine rings is 1. The molecule has 2 fully saturated rings. The fourth-order valence-electron chi connectivity index (χ4n) is 4.29. The number of carboxylic acids is 1. The summed E-state index contributed by atoms with van der Waals surface area (Å²) in [5.74, 6) is -1.64. The van der Waals surface area contributed by atoms with E-state index in [9.17, 15) is 14.7 Å². The van der Waals surface area contributed by atoms with Gasteiger partial charge in [-0.05, 0) is 30.7 Å². The highest BCUT2D eigenvalue weighted by Crippen LogP contribution is 2.45. The maximum absolute atomic E-state index is 15.3. The summed E-state index contributed by atoms with van der Waals surface area (Å²) >= 11 is 0. The Balaban J connectivity index is 0.00000256. The van der Waals surface area contributed by atoms with Crippen molar-refractivity contribution in [2.24, 2.45) is 11.1 Å². The second kappa shape index (κ2) is 7.74. The molecule has 9 heteroatoms. The summed E-state index contributed by atoms with van der Waals surface area (Å²) in [4.78, 5) is 26.3. The van der Waals surface area contributed by atoms with Gasteiger partial charge in [0.2, 0.25) is 5.43 Å². The number of carboxylic acid groups (broad SMARTS) is 1. The first-order chi connectivity index (χ1) is 13.7. The number of nitrogens with two attached hydrogens (primary N) is 1. The largest absolute Gasteiger partial charge is 0.492 e. The zero-order valence-corrected chi connectivity index (χ0v) is 18.1. The van der Waals surface area contributed by atoms with E-state index < -0.39 is 17.2 Å². The van der Waals surface area contributed by atoms with Gasteiger partial charge in [-0.3, -0.25) is 4.79 Å². The fraction of sp³-hybridized carbons (Fsp3) is 0.524. The molecular weight excluding hydrogens is 413 g/mol. The maximum Gasteiger partial charge on any atom is 0.341 e. The van der Waals surface area contributed by atoms with Gasteiger partial charge in [0.1, 0.15) is 11.3 Å². The lowest BCUT2D eigenvalue weighted by Gasteiger charge is -2.44. The molecule has 0 unspecified atom stereocenters. The summed E-state index contributed by atoms with van der Waals surface area (Å²) < 4.78 is 22.7. The predicted molar refractivity (Wildman–Crippen MR) is 116 cm³/mol. The number of hydrogen-bond acceptors (Lipinski definition) is 5. The minimum Gasteiger partial charge on any atom is -0.492 e. The number of rotatable bonds is 4. The normalized spacial score (nSPS) is 20.7. The Morgan fingerprint density at radius 2 is 2.00 bits per heavy atom. The molecule has 3 N–H and O–H groups in total. The van der Waals surface area contributed by atoms with Crippen molar-refractivity contribution in [1.29, 1.82) is 0 Å². The topological polar surface area (TPSA) is 97.8 Å². The van der Waals surface area contributed by atoms with E-state index in [0.29, 0.717) is 30.7 Å². The molecule has 2 heterocycles. The Labute approximate surface area is 180 Å². The number of nitrogens with zero attached hydrogens (tertiary/aromatic N) is 2. The van der Waals surface area contributed by atoms with E-state index in [0.717, 1.165) is 18.9 Å². The Morgan fingerprint density at radius 1 is 1.33 bits per heavy atom. The van der Waals surface area contributed by atoms with Crippen LogP contribution in [0.1, 0.15) is 49.5 Å². The SMILES string of the molecule is COc1c(N2CC[C@H](N)C(C)(C)C2)c(F)cc2c(=O)c(C(=O)O)cn(C3CC3)c12.Cl. The highest BCUT2D eigenvalue weighted by Gasteiger charge is 2.37. The van der Waals surface area contributed by atoms with Crippen molar-refractivity contribution in [3.63, 3.8) is 0 Å². The molecule has 4 rings (SSSR count). The van der Waals surface area contributed by atoms with Crippen LogP contribution in [0.3, 0.4) is 0 Å². The number of fused-ring (bicyclic) bond motifs is 1. The van der Waals surface area contributed by atoms with Gasteiger partial charge in [0, 0.05) is 31.4 Å². The first-order valence-electron chi connectivity index (χ1n) is 9.85. The van der Waals surface area contributed by atoms with Crippen molar-refractivity contribution in [1.82, 2.24) is 4.57 Å². The van der Waals surface area contributed by atoms with Gasteiger partial charge in [-0.1, -0.05) is 13.8 Å². The molecule has 2 aliphatic rings. The summed E-state index contributed by atoms with van der Waals surface area (Å²) in [6.07, 6.45) is 3.82. The van der Waals surface area contributed by atoms with Crippen LogP contribution in [0.4, 0.5) is 10.1 Å². The number of hydrogen-bond donors (Lipinski definition) is 2. The Bertz CT molecular complexity index is 1060. The zero-order chi connectivity index (χ0) is 21.1. The summed E-state index contributed by atoms with van der Waals surface area (Å²) in [5, 5.41) is 9.46. The summed E-state index contributed by atoms with van der Waals surface area (Å²) in [5.41, 5.74) is 5.72. The van der Waals surface area contributed by atoms with Gasteiger partial charge in [0.25, 0.3) is 0 Å². The quantitative estimate of drug-likeness (QED) is 0.759. The third-order valence-electron chi connectivity index (χ3n) is 6.20. The van der Waals surface area contributed by atoms with Gasteiger partial charge in [-0.15, -0.1) is 12.4 Å². The van der Waals surface area contributed by atoms with Crippen molar-refractivity contribution in [3.8, 4) is 5.75 Å². The molecule has 0 spiro atoms. The van der Waals surface area contributed by atoms with Crippen LogP contribution < -0.4 is 20.8 Å². The van der Waals surface area contributed by atoms with E-state index in [2.05, 4.69) is 13.8 Å². The van der Waals surface area contributed by atoms with Crippen molar-refractivity contribution in [2.45, 2.75) is 45.2 Å². The number of aromatic nitrogens is 1. The third kappa shape index (κ3) is 3.52. The van der Waals surface area contributed by atoms with E-state index in [1.807, 2.05) is 4.90 Å². The van der Waals surface area contributed by atoms with Crippen LogP contribution in [0.2, 0.25) is 0 Å². The second-order valence-electron chi connectivity index (χ2n) is 8.76. The summed E-state index contributed by atoms with van der Waals surface area (Å²) in [6, 6.07) is 1.24. The molecule has 2 aromatic rings. The highest BCUT2D eigenvalue weighted by atomic mass is 35.5. The average molecular weight is 440 g/mol. The van der Waals surface area contributed by atoms with Gasteiger partial charge in [0.05, 0.1) is 18.0 Å². The zero-order valence-electron chi connectivity index (χ0n) is 17.3. The van der Waals surface area contributed by atoms with Crippen molar-refractivity contribution < 1.29 is 19.0 Å². The molecule has 0 amide bonds. The van der Waals surface area contributed by atoms with E-state index in [4.69, 9.17) is 10.5 Å². The number of benzene rings is 1. The van der Waals surface area contributed by atoms with E-state index in [1.54, 1.807) is 4.57 Å². The standard InChI is InChI=1S/C21H26FN3O4.ClH/c1-21(2)10-24(7-6-15(21)23)17-14(22)8-12-16(19(17)29-3)25(11-4-5-11)9-13(18(12)26)20(27)28;/h8-9,11,15H,4-7,10,23H2,1-3H3,(H,27,28);1H/t15-;/m0./s1. The Kier molecular flexibility index (Phi) is 5.77. The van der Waals surface area contributed by atoms with Gasteiger partial charge in [-0.2, -0.15) is 0 Å². The molecular formula is C21H27ClFN3O4. The van der Waals surface area contributed by atoms with Crippen LogP contribution in [0, 0.1) is 11.2 Å². The van der Waals surface area contributed by atoms with Gasteiger partial charge in [-0.25, -0.2) is 9.18 Å². The maximum atomic E-state index is 15.3. The fourth-order valence-corrected chi connectivity index (χ4v) is 4.29. The number of anilines is 1. The predicted octanol–water partition coefficient (Wildman–Crippen LogP) is 3.17. The summed E-state index contributed by atoms with van der Waals surface area (Å²) in [7, 11) is 1.45. The van der Waals surface area contributed by atoms with E-state index in [-0.39, 0.29) is 46.6 Å². The Hall–Kier alpha value is -2.32. The minimum absolute atomic E-state index is 0. The number of methoxy groups -OCH3 is 1. The van der Waals surface area contributed by atoms with Crippen LogP contribution in [-0.2, 0) is 0 Å². The van der Waals surface area contributed by atoms with Crippen LogP contribution in [0.15, 0.2) is 17.1 Å². The molecule has 1 aliphatic carbocycles. The van der Waals surface area contributed by atoms with Crippen LogP contribution in [0.5, 0.6) is 5.75 Å². The van der Waals surface area contributed by atoms with Crippen LogP contribution in [0.25, 0.3) is 10.9 Å². The van der Waals surface area contributed by atoms with E-state index in [1.165, 1.54) is 13.3 Å². The lowest BCUT2D eigenvalue weighted by atomic mass is 9.79. The van der Waals surface area contributed by atoms with Crippen molar-refractivity contribution in [2.75, 3.05) is 25.1 Å². The van der Waals surface area contributed by atoms with Crippen molar-refractivity contribution in [3.05, 3.63) is 33.9 Å². The minimum atomic E-state index is -1.32. The highest BCUT2D eigenvalue weighted by molar-refractivity contribution is 5.97. The average Bonchev–Trinajstić information content (AvgIpc) is 3.48. The molecule has 1 atom stereocenters. The molecule has 30 heavy (non-hydrogen) atoms. The van der Waals surface area contributed by atoms with Crippen LogP contribution in [-0.4, -0.2) is 41.9 Å². The first-order valence-corrected chi connectivity index (χ1v) is 9.85. The number of carbonyl (C=O) groups is 1. The molecule has 1 saturated carbocycles. The third-order valence-corrected chi connectivity index (χ3v) is 6.20. The second-order valence-corrected chi connectivity index (χ2v) is 8.76. The number of piperidine rings is 1. The lowest BCUT2D eigenvalue weighted by molar-refractivity contribution is 0.0695. The van der Waals surface area contributed by atoms with Crippen LogP contribution >= 0.6 is 12.4 Å².